The Kier molecular flexibility index (Phi) is 2.63. The smallest absolute Gasteiger partial charge is 0.335 e. The molecule has 3 rings (SSSR count). The summed E-state index contributed by atoms with van der Waals surface area (Å²) >= 11 is 0. The van der Waals surface area contributed by atoms with Crippen LogP contribution in [0.1, 0.15) is 47.6 Å². The predicted octanol–water partition coefficient (Wildman–Crippen LogP) is 2.68. The van der Waals surface area contributed by atoms with Gasteiger partial charge in [0.25, 0.3) is 0 Å². The molecule has 1 saturated heterocycles. The maximum atomic E-state index is 11.0. The minimum Gasteiger partial charge on any atom is -0.478 e. The Morgan fingerprint density at radius 2 is 2.12 bits per heavy atom. The average Bonchev–Trinajstić information content (AvgIpc) is 3.07. The highest BCUT2D eigenvalue weighted by Gasteiger charge is 2.37. The normalized spacial score (nSPS) is 25.1. The number of hydrogen-bond donors (Lipinski definition) is 1. The third kappa shape index (κ3) is 2.07. The van der Waals surface area contributed by atoms with E-state index < -0.39 is 5.97 Å². The van der Waals surface area contributed by atoms with Gasteiger partial charge in [0.05, 0.1) is 5.56 Å². The van der Waals surface area contributed by atoms with Gasteiger partial charge in [-0.05, 0) is 49.9 Å². The fourth-order valence-electron chi connectivity index (χ4n) is 2.87. The molecule has 1 aliphatic carbocycles. The molecule has 1 unspecified atom stereocenters. The van der Waals surface area contributed by atoms with E-state index in [0.717, 1.165) is 6.04 Å². The van der Waals surface area contributed by atoms with E-state index in [0.29, 0.717) is 11.6 Å². The van der Waals surface area contributed by atoms with Crippen LogP contribution >= 0.6 is 0 Å². The van der Waals surface area contributed by atoms with Gasteiger partial charge >= 0.3 is 5.97 Å². The standard InChI is InChI=1S/C14H17NO2/c16-14(17)11-4-1-3-10(9-11)13-5-2-8-15(13)12-6-7-12/h1,3-4,9,12-13H,2,5-8H2,(H,16,17). The first-order valence-corrected chi connectivity index (χ1v) is 6.35. The molecule has 2 aliphatic rings. The number of likely N-dealkylation sites (tertiary alicyclic amines) is 1. The van der Waals surface area contributed by atoms with Crippen molar-refractivity contribution in [3.8, 4) is 0 Å². The van der Waals surface area contributed by atoms with Gasteiger partial charge in [-0.1, -0.05) is 12.1 Å². The van der Waals surface area contributed by atoms with Crippen molar-refractivity contribution in [2.45, 2.75) is 37.8 Å². The highest BCUT2D eigenvalue weighted by molar-refractivity contribution is 5.87. The number of benzene rings is 1. The van der Waals surface area contributed by atoms with Crippen molar-refractivity contribution in [3.05, 3.63) is 35.4 Å². The Balaban J connectivity index is 1.87. The van der Waals surface area contributed by atoms with Crippen molar-refractivity contribution in [2.24, 2.45) is 0 Å². The Morgan fingerprint density at radius 3 is 2.82 bits per heavy atom. The molecular weight excluding hydrogens is 214 g/mol. The minimum absolute atomic E-state index is 0.408. The maximum absolute atomic E-state index is 11.0. The average molecular weight is 231 g/mol. The number of hydrogen-bond acceptors (Lipinski definition) is 2. The summed E-state index contributed by atoms with van der Waals surface area (Å²) < 4.78 is 0. The van der Waals surface area contributed by atoms with Crippen LogP contribution in [-0.2, 0) is 0 Å². The van der Waals surface area contributed by atoms with Crippen molar-refractivity contribution in [1.29, 1.82) is 0 Å². The lowest BCUT2D eigenvalue weighted by Gasteiger charge is -2.24. The van der Waals surface area contributed by atoms with Gasteiger partial charge in [-0.15, -0.1) is 0 Å². The Morgan fingerprint density at radius 1 is 1.29 bits per heavy atom. The van der Waals surface area contributed by atoms with Crippen LogP contribution in [0.25, 0.3) is 0 Å². The molecule has 1 N–H and O–H groups in total. The molecule has 3 heteroatoms. The van der Waals surface area contributed by atoms with Crippen LogP contribution in [0.2, 0.25) is 0 Å². The molecule has 1 heterocycles. The van der Waals surface area contributed by atoms with Gasteiger partial charge in [0, 0.05) is 12.1 Å². The summed E-state index contributed by atoms with van der Waals surface area (Å²) in [6.45, 7) is 1.17. The van der Waals surface area contributed by atoms with Gasteiger partial charge in [0.2, 0.25) is 0 Å². The summed E-state index contributed by atoms with van der Waals surface area (Å²) in [6, 6.07) is 8.65. The lowest BCUT2D eigenvalue weighted by atomic mass is 10.0. The highest BCUT2D eigenvalue weighted by atomic mass is 16.4. The molecular formula is C14H17NO2. The molecule has 1 saturated carbocycles. The first-order valence-electron chi connectivity index (χ1n) is 6.35. The predicted molar refractivity (Wildman–Crippen MR) is 65.1 cm³/mol. The molecule has 17 heavy (non-hydrogen) atoms. The topological polar surface area (TPSA) is 40.5 Å². The largest absolute Gasteiger partial charge is 0.478 e. The molecule has 1 atom stereocenters. The second kappa shape index (κ2) is 4.15. The molecule has 0 radical (unpaired) electrons. The lowest BCUT2D eigenvalue weighted by molar-refractivity contribution is 0.0696. The first-order chi connectivity index (χ1) is 8.25. The van der Waals surface area contributed by atoms with E-state index >= 15 is 0 Å². The zero-order chi connectivity index (χ0) is 11.8. The second-order valence-electron chi connectivity index (χ2n) is 5.06. The van der Waals surface area contributed by atoms with E-state index in [2.05, 4.69) is 11.0 Å². The summed E-state index contributed by atoms with van der Waals surface area (Å²) in [5, 5.41) is 9.03. The van der Waals surface area contributed by atoms with Crippen LogP contribution < -0.4 is 0 Å². The number of aromatic carboxylic acids is 1. The molecule has 1 aliphatic heterocycles. The summed E-state index contributed by atoms with van der Waals surface area (Å²) in [4.78, 5) is 13.5. The lowest BCUT2D eigenvalue weighted by Crippen LogP contribution is -2.25. The molecule has 0 amide bonds. The van der Waals surface area contributed by atoms with Crippen LogP contribution in [0.15, 0.2) is 24.3 Å². The molecule has 0 bridgehead atoms. The third-order valence-electron chi connectivity index (χ3n) is 3.83. The SMILES string of the molecule is O=C(O)c1cccc(C2CCCN2C2CC2)c1. The van der Waals surface area contributed by atoms with Crippen molar-refractivity contribution < 1.29 is 9.90 Å². The molecule has 1 aromatic carbocycles. The summed E-state index contributed by atoms with van der Waals surface area (Å²) in [7, 11) is 0. The van der Waals surface area contributed by atoms with Crippen molar-refractivity contribution in [2.75, 3.05) is 6.54 Å². The summed E-state index contributed by atoms with van der Waals surface area (Å²) in [6.07, 6.45) is 5.03. The van der Waals surface area contributed by atoms with E-state index in [-0.39, 0.29) is 0 Å². The maximum Gasteiger partial charge on any atom is 0.335 e. The van der Waals surface area contributed by atoms with Crippen molar-refractivity contribution >= 4 is 5.97 Å². The first kappa shape index (κ1) is 10.8. The number of nitrogens with zero attached hydrogens (tertiary/aromatic N) is 1. The zero-order valence-electron chi connectivity index (χ0n) is 9.80. The van der Waals surface area contributed by atoms with Crippen LogP contribution in [0, 0.1) is 0 Å². The van der Waals surface area contributed by atoms with Gasteiger partial charge < -0.3 is 5.11 Å². The second-order valence-corrected chi connectivity index (χ2v) is 5.06. The quantitative estimate of drug-likeness (QED) is 0.869. The van der Waals surface area contributed by atoms with Crippen LogP contribution in [0.3, 0.4) is 0 Å². The number of rotatable bonds is 3. The van der Waals surface area contributed by atoms with Gasteiger partial charge in [-0.25, -0.2) is 4.79 Å². The fraction of sp³-hybridized carbons (Fsp3) is 0.500. The van der Waals surface area contributed by atoms with E-state index in [9.17, 15) is 4.79 Å². The van der Waals surface area contributed by atoms with Crippen molar-refractivity contribution in [3.63, 3.8) is 0 Å². The van der Waals surface area contributed by atoms with E-state index in [1.165, 1.54) is 37.8 Å². The Bertz CT molecular complexity index is 440. The van der Waals surface area contributed by atoms with Crippen LogP contribution in [0.4, 0.5) is 0 Å². The van der Waals surface area contributed by atoms with Gasteiger partial charge in [0.1, 0.15) is 0 Å². The van der Waals surface area contributed by atoms with E-state index in [4.69, 9.17) is 5.11 Å². The summed E-state index contributed by atoms with van der Waals surface area (Å²) in [5.41, 5.74) is 1.58. The fourth-order valence-corrected chi connectivity index (χ4v) is 2.87. The summed E-state index contributed by atoms with van der Waals surface area (Å²) in [5.74, 6) is -0.831. The van der Waals surface area contributed by atoms with E-state index in [1.807, 2.05) is 12.1 Å². The van der Waals surface area contributed by atoms with Gasteiger partial charge in [-0.2, -0.15) is 0 Å². The Labute approximate surface area is 101 Å². The number of carboxylic acid groups (broad SMARTS) is 1. The minimum atomic E-state index is -0.831. The highest BCUT2D eigenvalue weighted by Crippen LogP contribution is 2.40. The molecule has 2 fully saturated rings. The molecule has 90 valence electrons. The number of carbonyl (C=O) groups is 1. The third-order valence-corrected chi connectivity index (χ3v) is 3.83. The van der Waals surface area contributed by atoms with Gasteiger partial charge in [-0.3, -0.25) is 4.90 Å². The van der Waals surface area contributed by atoms with Crippen LogP contribution in [-0.4, -0.2) is 28.6 Å². The molecule has 0 spiro atoms. The Hall–Kier alpha value is -1.35. The monoisotopic (exact) mass is 231 g/mol. The van der Waals surface area contributed by atoms with E-state index in [1.54, 1.807) is 6.07 Å². The van der Waals surface area contributed by atoms with Crippen LogP contribution in [0.5, 0.6) is 0 Å². The van der Waals surface area contributed by atoms with Crippen molar-refractivity contribution in [1.82, 2.24) is 4.90 Å². The molecule has 1 aromatic rings. The van der Waals surface area contributed by atoms with Gasteiger partial charge in [0.15, 0.2) is 0 Å². The number of carboxylic acids is 1. The molecule has 3 nitrogen and oxygen atoms in total. The zero-order valence-corrected chi connectivity index (χ0v) is 9.80. The molecule has 0 aromatic heterocycles.